The number of hydrogen-bond donors (Lipinski definition) is 1. The second kappa shape index (κ2) is 6.53. The molecule has 0 spiro atoms. The lowest BCUT2D eigenvalue weighted by molar-refractivity contribution is 0.401. The van der Waals surface area contributed by atoms with E-state index in [-0.39, 0.29) is 4.90 Å². The zero-order valence-electron chi connectivity index (χ0n) is 12.8. The molecule has 0 bridgehead atoms. The molecule has 6 heteroatoms. The Morgan fingerprint density at radius 3 is 2.26 bits per heavy atom. The van der Waals surface area contributed by atoms with E-state index in [4.69, 9.17) is 4.74 Å². The van der Waals surface area contributed by atoms with Crippen molar-refractivity contribution in [1.29, 1.82) is 0 Å². The highest BCUT2D eigenvalue weighted by molar-refractivity contribution is 9.10. The zero-order chi connectivity index (χ0) is 16.4. The number of anilines is 1. The van der Waals surface area contributed by atoms with Crippen LogP contribution in [0.25, 0.3) is 0 Å². The molecule has 0 aliphatic heterocycles. The van der Waals surface area contributed by atoms with E-state index in [1.54, 1.807) is 30.3 Å². The monoisotopic (exact) mass is 395 g/mol. The predicted molar refractivity (Wildman–Crippen MR) is 94.6 cm³/mol. The molecule has 1 aliphatic carbocycles. The molecule has 1 N–H and O–H groups in total. The first-order valence-electron chi connectivity index (χ1n) is 7.48. The van der Waals surface area contributed by atoms with Crippen molar-refractivity contribution in [3.8, 4) is 5.75 Å². The molecule has 122 valence electrons. The number of halogens is 1. The molecule has 0 heterocycles. The third kappa shape index (κ3) is 3.53. The summed E-state index contributed by atoms with van der Waals surface area (Å²) in [7, 11) is -2.19. The van der Waals surface area contributed by atoms with Gasteiger partial charge in [-0.05, 0) is 73.2 Å². The molecule has 0 aromatic heterocycles. The van der Waals surface area contributed by atoms with Crippen molar-refractivity contribution in [2.24, 2.45) is 0 Å². The standard InChI is InChI=1S/C17H18BrNO3S/c1-22-16-10-12-4-2-3-5-13(12)11-17(16)23(20,21)19-15-8-6-14(18)7-9-15/h6-11,19H,2-5H2,1H3. The van der Waals surface area contributed by atoms with Crippen molar-refractivity contribution in [3.63, 3.8) is 0 Å². The molecule has 0 amide bonds. The summed E-state index contributed by atoms with van der Waals surface area (Å²) in [5, 5.41) is 0. The first-order valence-corrected chi connectivity index (χ1v) is 9.75. The molecule has 0 fully saturated rings. The Balaban J connectivity index is 1.99. The van der Waals surface area contributed by atoms with Crippen LogP contribution < -0.4 is 9.46 Å². The molecule has 3 rings (SSSR count). The van der Waals surface area contributed by atoms with Crippen molar-refractivity contribution in [3.05, 3.63) is 52.0 Å². The van der Waals surface area contributed by atoms with Gasteiger partial charge in [0.05, 0.1) is 7.11 Å². The largest absolute Gasteiger partial charge is 0.495 e. The Hall–Kier alpha value is -1.53. The van der Waals surface area contributed by atoms with Crippen LogP contribution in [0.15, 0.2) is 45.8 Å². The SMILES string of the molecule is COc1cc2c(cc1S(=O)(=O)Nc1ccc(Br)cc1)CCCC2. The number of nitrogens with one attached hydrogen (secondary N) is 1. The Morgan fingerprint density at radius 1 is 1.04 bits per heavy atom. The fraction of sp³-hybridized carbons (Fsp3) is 0.294. The number of fused-ring (bicyclic) bond motifs is 1. The van der Waals surface area contributed by atoms with Crippen LogP contribution in [0.3, 0.4) is 0 Å². The van der Waals surface area contributed by atoms with Crippen LogP contribution in [0.5, 0.6) is 5.75 Å². The van der Waals surface area contributed by atoms with Gasteiger partial charge in [0.1, 0.15) is 10.6 Å². The van der Waals surface area contributed by atoms with Crippen molar-refractivity contribution in [2.45, 2.75) is 30.6 Å². The summed E-state index contributed by atoms with van der Waals surface area (Å²) in [5.41, 5.74) is 2.82. The molecule has 2 aromatic rings. The van der Waals surface area contributed by atoms with E-state index in [1.807, 2.05) is 6.07 Å². The van der Waals surface area contributed by atoms with Gasteiger partial charge in [0, 0.05) is 10.2 Å². The highest BCUT2D eigenvalue weighted by atomic mass is 79.9. The van der Waals surface area contributed by atoms with Gasteiger partial charge in [-0.2, -0.15) is 0 Å². The van der Waals surface area contributed by atoms with Crippen LogP contribution in [0.2, 0.25) is 0 Å². The average Bonchev–Trinajstić information content (AvgIpc) is 2.55. The Bertz CT molecular complexity index is 816. The third-order valence-electron chi connectivity index (χ3n) is 4.01. The quantitative estimate of drug-likeness (QED) is 0.845. The molecule has 2 aromatic carbocycles. The maximum Gasteiger partial charge on any atom is 0.265 e. The lowest BCUT2D eigenvalue weighted by Gasteiger charge is -2.19. The molecular formula is C17H18BrNO3S. The number of aryl methyl sites for hydroxylation is 2. The van der Waals surface area contributed by atoms with Gasteiger partial charge in [0.2, 0.25) is 0 Å². The summed E-state index contributed by atoms with van der Waals surface area (Å²) in [6, 6.07) is 10.6. The molecule has 4 nitrogen and oxygen atoms in total. The molecule has 0 atom stereocenters. The van der Waals surface area contributed by atoms with Gasteiger partial charge < -0.3 is 4.74 Å². The van der Waals surface area contributed by atoms with Crippen LogP contribution in [-0.4, -0.2) is 15.5 Å². The lowest BCUT2D eigenvalue weighted by atomic mass is 9.92. The summed E-state index contributed by atoms with van der Waals surface area (Å²) in [5.74, 6) is 0.398. The average molecular weight is 396 g/mol. The number of methoxy groups -OCH3 is 1. The number of hydrogen-bond acceptors (Lipinski definition) is 3. The summed E-state index contributed by atoms with van der Waals surface area (Å²) in [6.07, 6.45) is 4.13. The first-order chi connectivity index (χ1) is 11.0. The number of sulfonamides is 1. The summed E-state index contributed by atoms with van der Waals surface area (Å²) in [4.78, 5) is 0.198. The molecule has 0 unspecified atom stereocenters. The van der Waals surface area contributed by atoms with Crippen LogP contribution in [0.1, 0.15) is 24.0 Å². The molecule has 0 saturated carbocycles. The predicted octanol–water partition coefficient (Wildman–Crippen LogP) is 4.14. The van der Waals surface area contributed by atoms with Crippen molar-refractivity contribution >= 4 is 31.6 Å². The third-order valence-corrected chi connectivity index (χ3v) is 5.95. The molecule has 0 radical (unpaired) electrons. The number of rotatable bonds is 4. The van der Waals surface area contributed by atoms with Crippen molar-refractivity contribution in [2.75, 3.05) is 11.8 Å². The number of benzene rings is 2. The van der Waals surface area contributed by atoms with Gasteiger partial charge in [-0.3, -0.25) is 4.72 Å². The minimum atomic E-state index is -3.69. The fourth-order valence-corrected chi connectivity index (χ4v) is 4.36. The van der Waals surface area contributed by atoms with Gasteiger partial charge in [-0.15, -0.1) is 0 Å². The highest BCUT2D eigenvalue weighted by Gasteiger charge is 2.23. The molecular weight excluding hydrogens is 378 g/mol. The topological polar surface area (TPSA) is 55.4 Å². The summed E-state index contributed by atoms with van der Waals surface area (Å²) < 4.78 is 34.3. The van der Waals surface area contributed by atoms with Crippen LogP contribution >= 0.6 is 15.9 Å². The second-order valence-electron chi connectivity index (χ2n) is 5.59. The Kier molecular flexibility index (Phi) is 4.64. The highest BCUT2D eigenvalue weighted by Crippen LogP contribution is 2.33. The normalized spacial score (nSPS) is 14.2. The second-order valence-corrected chi connectivity index (χ2v) is 8.16. The maximum atomic E-state index is 12.7. The van der Waals surface area contributed by atoms with E-state index >= 15 is 0 Å². The van der Waals surface area contributed by atoms with E-state index in [0.29, 0.717) is 11.4 Å². The van der Waals surface area contributed by atoms with E-state index in [9.17, 15) is 8.42 Å². The Labute approximate surface area is 145 Å². The minimum absolute atomic E-state index is 0.198. The van der Waals surface area contributed by atoms with Gasteiger partial charge in [0.15, 0.2) is 0 Å². The van der Waals surface area contributed by atoms with E-state index in [2.05, 4.69) is 20.7 Å². The first kappa shape index (κ1) is 16.3. The fourth-order valence-electron chi connectivity index (χ4n) is 2.84. The molecule has 1 aliphatic rings. The van der Waals surface area contributed by atoms with Gasteiger partial charge in [0.25, 0.3) is 10.0 Å². The zero-order valence-corrected chi connectivity index (χ0v) is 15.2. The van der Waals surface area contributed by atoms with Gasteiger partial charge in [-0.1, -0.05) is 15.9 Å². The Morgan fingerprint density at radius 2 is 1.65 bits per heavy atom. The smallest absolute Gasteiger partial charge is 0.265 e. The van der Waals surface area contributed by atoms with Gasteiger partial charge >= 0.3 is 0 Å². The minimum Gasteiger partial charge on any atom is -0.495 e. The summed E-state index contributed by atoms with van der Waals surface area (Å²) >= 11 is 3.34. The molecule has 23 heavy (non-hydrogen) atoms. The number of ether oxygens (including phenoxy) is 1. The van der Waals surface area contributed by atoms with E-state index < -0.39 is 10.0 Å². The van der Waals surface area contributed by atoms with Crippen LogP contribution in [-0.2, 0) is 22.9 Å². The maximum absolute atomic E-state index is 12.7. The molecule has 0 saturated heterocycles. The lowest BCUT2D eigenvalue weighted by Crippen LogP contribution is -2.15. The van der Waals surface area contributed by atoms with E-state index in [0.717, 1.165) is 35.7 Å². The van der Waals surface area contributed by atoms with Crippen molar-refractivity contribution < 1.29 is 13.2 Å². The van der Waals surface area contributed by atoms with Crippen LogP contribution in [0.4, 0.5) is 5.69 Å². The van der Waals surface area contributed by atoms with Crippen LogP contribution in [0, 0.1) is 0 Å². The van der Waals surface area contributed by atoms with Gasteiger partial charge in [-0.25, -0.2) is 8.42 Å². The van der Waals surface area contributed by atoms with E-state index in [1.165, 1.54) is 12.7 Å². The summed E-state index contributed by atoms with van der Waals surface area (Å²) in [6.45, 7) is 0. The van der Waals surface area contributed by atoms with Crippen molar-refractivity contribution in [1.82, 2.24) is 0 Å².